The van der Waals surface area contributed by atoms with Crippen molar-refractivity contribution in [1.29, 1.82) is 0 Å². The smallest absolute Gasteiger partial charge is 0.267 e. The zero-order valence-corrected chi connectivity index (χ0v) is 15.4. The number of nitrogens with one attached hydrogen (secondary N) is 1. The zero-order valence-electron chi connectivity index (χ0n) is 14.6. The number of nitrogen functional groups attached to an aromatic ring is 1. The molecule has 0 aromatic carbocycles. The van der Waals surface area contributed by atoms with Crippen LogP contribution in [-0.4, -0.2) is 10.9 Å². The molecule has 0 saturated heterocycles. The molecule has 24 heavy (non-hydrogen) atoms. The Balaban J connectivity index is 1.95. The van der Waals surface area contributed by atoms with Gasteiger partial charge in [0.2, 0.25) is 0 Å². The largest absolute Gasteiger partial charge is 0.397 e. The van der Waals surface area contributed by atoms with Gasteiger partial charge in [0.15, 0.2) is 0 Å². The highest BCUT2D eigenvalue weighted by molar-refractivity contribution is 7.21. The van der Waals surface area contributed by atoms with Gasteiger partial charge in [0, 0.05) is 16.8 Å². The Hall–Kier alpha value is -2.14. The molecule has 0 unspecified atom stereocenters. The molecule has 1 amide bonds. The minimum atomic E-state index is -0.156. The number of aryl methyl sites for hydroxylation is 2. The fraction of sp³-hybridized carbons (Fsp3) is 0.368. The minimum absolute atomic E-state index is 0.156. The van der Waals surface area contributed by atoms with E-state index in [9.17, 15) is 4.79 Å². The van der Waals surface area contributed by atoms with E-state index in [0.717, 1.165) is 52.0 Å². The lowest BCUT2D eigenvalue weighted by Crippen LogP contribution is -2.22. The number of hydrogen-bond donors (Lipinski definition) is 2. The molecular weight excluding hydrogens is 318 g/mol. The van der Waals surface area contributed by atoms with E-state index in [1.54, 1.807) is 0 Å². The van der Waals surface area contributed by atoms with Gasteiger partial charge in [-0.25, -0.2) is 4.98 Å². The number of pyridine rings is 1. The molecule has 2 heterocycles. The molecule has 0 fully saturated rings. The van der Waals surface area contributed by atoms with E-state index >= 15 is 0 Å². The van der Waals surface area contributed by atoms with Gasteiger partial charge in [0.25, 0.3) is 5.91 Å². The van der Waals surface area contributed by atoms with Crippen LogP contribution in [0.4, 0.5) is 5.69 Å². The van der Waals surface area contributed by atoms with Crippen molar-refractivity contribution in [3.8, 4) is 0 Å². The first-order chi connectivity index (χ1) is 11.4. The third-order valence-corrected chi connectivity index (χ3v) is 5.96. The second-order valence-electron chi connectivity index (χ2n) is 6.32. The summed E-state index contributed by atoms with van der Waals surface area (Å²) in [6.45, 7) is 7.94. The summed E-state index contributed by atoms with van der Waals surface area (Å²) in [5.74, 6) is -0.156. The number of fused-ring (bicyclic) bond motifs is 2. The van der Waals surface area contributed by atoms with Crippen LogP contribution in [0, 0.1) is 0 Å². The number of carbonyl (C=O) groups excluding carboxylic acids is 1. The average Bonchev–Trinajstić information content (AvgIpc) is 3.15. The molecule has 1 aliphatic rings. The van der Waals surface area contributed by atoms with Crippen molar-refractivity contribution in [3.63, 3.8) is 0 Å². The SMILES string of the molecule is C/C=C(C)\C(C)=C(/C)NC(=O)c1sc2nc3c(cc2c1N)CCC3. The predicted octanol–water partition coefficient (Wildman–Crippen LogP) is 4.36. The normalized spacial score (nSPS) is 15.4. The molecule has 1 aliphatic carbocycles. The summed E-state index contributed by atoms with van der Waals surface area (Å²) in [6.07, 6.45) is 5.26. The molecule has 4 nitrogen and oxygen atoms in total. The third kappa shape index (κ3) is 2.84. The van der Waals surface area contributed by atoms with E-state index in [2.05, 4.69) is 11.4 Å². The topological polar surface area (TPSA) is 68.0 Å². The number of nitrogens with two attached hydrogens (primary N) is 1. The highest BCUT2D eigenvalue weighted by Crippen LogP contribution is 2.35. The Morgan fingerprint density at radius 1 is 1.33 bits per heavy atom. The second kappa shape index (κ2) is 6.40. The van der Waals surface area contributed by atoms with Gasteiger partial charge < -0.3 is 11.1 Å². The summed E-state index contributed by atoms with van der Waals surface area (Å²) in [6, 6.07) is 2.12. The summed E-state index contributed by atoms with van der Waals surface area (Å²) in [5, 5.41) is 3.88. The molecule has 3 N–H and O–H groups in total. The number of nitrogens with zero attached hydrogens (tertiary/aromatic N) is 1. The maximum Gasteiger partial charge on any atom is 0.267 e. The second-order valence-corrected chi connectivity index (χ2v) is 7.32. The molecular formula is C19H23N3OS. The highest BCUT2D eigenvalue weighted by Gasteiger charge is 2.21. The van der Waals surface area contributed by atoms with Crippen molar-refractivity contribution < 1.29 is 4.79 Å². The van der Waals surface area contributed by atoms with Crippen LogP contribution < -0.4 is 11.1 Å². The van der Waals surface area contributed by atoms with Gasteiger partial charge in [-0.3, -0.25) is 4.79 Å². The maximum absolute atomic E-state index is 12.7. The summed E-state index contributed by atoms with van der Waals surface area (Å²) >= 11 is 1.38. The van der Waals surface area contributed by atoms with Crippen molar-refractivity contribution in [2.24, 2.45) is 0 Å². The predicted molar refractivity (Wildman–Crippen MR) is 101 cm³/mol. The lowest BCUT2D eigenvalue weighted by molar-refractivity contribution is 0.0970. The Morgan fingerprint density at radius 2 is 2.08 bits per heavy atom. The first kappa shape index (κ1) is 16.7. The Kier molecular flexibility index (Phi) is 4.45. The van der Waals surface area contributed by atoms with Crippen molar-refractivity contribution in [3.05, 3.63) is 45.1 Å². The van der Waals surface area contributed by atoms with Crippen molar-refractivity contribution in [2.75, 3.05) is 5.73 Å². The maximum atomic E-state index is 12.7. The Morgan fingerprint density at radius 3 is 2.79 bits per heavy atom. The highest BCUT2D eigenvalue weighted by atomic mass is 32.1. The first-order valence-corrected chi connectivity index (χ1v) is 9.07. The van der Waals surface area contributed by atoms with Gasteiger partial charge in [-0.2, -0.15) is 0 Å². The lowest BCUT2D eigenvalue weighted by Gasteiger charge is -2.10. The molecule has 0 bridgehead atoms. The van der Waals surface area contributed by atoms with Crippen LogP contribution in [0.1, 0.15) is 55.0 Å². The molecule has 126 valence electrons. The van der Waals surface area contributed by atoms with Crippen LogP contribution in [-0.2, 0) is 12.8 Å². The molecule has 2 aromatic heterocycles. The fourth-order valence-electron chi connectivity index (χ4n) is 3.00. The molecule has 0 spiro atoms. The zero-order chi connectivity index (χ0) is 17.4. The molecule has 0 aliphatic heterocycles. The quantitative estimate of drug-likeness (QED) is 0.815. The van der Waals surface area contributed by atoms with Crippen LogP contribution in [0.15, 0.2) is 29.0 Å². The van der Waals surface area contributed by atoms with Crippen LogP contribution in [0.25, 0.3) is 10.2 Å². The van der Waals surface area contributed by atoms with E-state index < -0.39 is 0 Å². The van der Waals surface area contributed by atoms with E-state index in [-0.39, 0.29) is 5.91 Å². The third-order valence-electron chi connectivity index (χ3n) is 4.84. The summed E-state index contributed by atoms with van der Waals surface area (Å²) in [7, 11) is 0. The first-order valence-electron chi connectivity index (χ1n) is 8.25. The van der Waals surface area contributed by atoms with Gasteiger partial charge in [-0.1, -0.05) is 11.6 Å². The van der Waals surface area contributed by atoms with Crippen molar-refractivity contribution >= 4 is 33.1 Å². The average molecular weight is 341 g/mol. The molecule has 0 saturated carbocycles. The van der Waals surface area contributed by atoms with Crippen molar-refractivity contribution in [1.82, 2.24) is 10.3 Å². The fourth-order valence-corrected chi connectivity index (χ4v) is 3.99. The molecule has 5 heteroatoms. The van der Waals surface area contributed by atoms with Crippen LogP contribution in [0.2, 0.25) is 0 Å². The lowest BCUT2D eigenvalue weighted by atomic mass is 10.1. The monoisotopic (exact) mass is 341 g/mol. The van der Waals surface area contributed by atoms with Gasteiger partial charge in [0.1, 0.15) is 9.71 Å². The summed E-state index contributed by atoms with van der Waals surface area (Å²) < 4.78 is 0. The van der Waals surface area contributed by atoms with Gasteiger partial charge in [-0.05, 0) is 64.2 Å². The number of carbonyl (C=O) groups is 1. The summed E-state index contributed by atoms with van der Waals surface area (Å²) in [5.41, 5.74) is 12.3. The number of hydrogen-bond acceptors (Lipinski definition) is 4. The summed E-state index contributed by atoms with van der Waals surface area (Å²) in [4.78, 5) is 18.8. The van der Waals surface area contributed by atoms with E-state index in [0.29, 0.717) is 10.6 Å². The number of aromatic nitrogens is 1. The van der Waals surface area contributed by atoms with Crippen LogP contribution in [0.5, 0.6) is 0 Å². The van der Waals surface area contributed by atoms with E-state index in [1.165, 1.54) is 16.9 Å². The number of allylic oxidation sites excluding steroid dienone is 4. The number of thiophene rings is 1. The molecule has 0 radical (unpaired) electrons. The molecule has 3 rings (SSSR count). The van der Waals surface area contributed by atoms with Crippen molar-refractivity contribution in [2.45, 2.75) is 47.0 Å². The van der Waals surface area contributed by atoms with E-state index in [4.69, 9.17) is 10.7 Å². The number of rotatable bonds is 3. The molecule has 0 atom stereocenters. The standard InChI is InChI=1S/C19H23N3OS/c1-5-10(2)11(3)12(4)21-18(23)17-16(20)14-9-13-7-6-8-15(13)22-19(14)24-17/h5,9H,6-8,20H2,1-4H3,(H,21,23)/b10-5-,12-11+. The Bertz CT molecular complexity index is 890. The van der Waals surface area contributed by atoms with Gasteiger partial charge >= 0.3 is 0 Å². The van der Waals surface area contributed by atoms with Gasteiger partial charge in [-0.15, -0.1) is 11.3 Å². The van der Waals surface area contributed by atoms with Crippen LogP contribution in [0.3, 0.4) is 0 Å². The van der Waals surface area contributed by atoms with E-state index in [1.807, 2.05) is 33.8 Å². The van der Waals surface area contributed by atoms with Gasteiger partial charge in [0.05, 0.1) is 5.69 Å². The number of anilines is 1. The Labute approximate surface area is 146 Å². The minimum Gasteiger partial charge on any atom is -0.397 e. The molecule has 2 aromatic rings. The van der Waals surface area contributed by atoms with Crippen LogP contribution >= 0.6 is 11.3 Å². The number of amides is 1.